The van der Waals surface area contributed by atoms with Crippen molar-refractivity contribution < 1.29 is 9.59 Å². The van der Waals surface area contributed by atoms with E-state index in [4.69, 9.17) is 17.3 Å². The van der Waals surface area contributed by atoms with Gasteiger partial charge in [-0.25, -0.2) is 4.98 Å². The lowest BCUT2D eigenvalue weighted by molar-refractivity contribution is -0.124. The molecule has 0 spiro atoms. The van der Waals surface area contributed by atoms with Gasteiger partial charge in [-0.2, -0.15) is 0 Å². The first-order valence-corrected chi connectivity index (χ1v) is 11.2. The van der Waals surface area contributed by atoms with Gasteiger partial charge in [0.15, 0.2) is 0 Å². The number of nitrogens with two attached hydrogens (primary N) is 1. The number of likely N-dealkylation sites (tertiary alicyclic amines) is 1. The molecule has 168 valence electrons. The summed E-state index contributed by atoms with van der Waals surface area (Å²) in [5.41, 5.74) is 8.50. The van der Waals surface area contributed by atoms with Crippen molar-refractivity contribution in [1.29, 1.82) is 0 Å². The van der Waals surface area contributed by atoms with E-state index in [2.05, 4.69) is 10.3 Å². The van der Waals surface area contributed by atoms with E-state index < -0.39 is 6.04 Å². The summed E-state index contributed by atoms with van der Waals surface area (Å²) in [5, 5.41) is 3.77. The van der Waals surface area contributed by atoms with Crippen molar-refractivity contribution in [2.24, 2.45) is 11.7 Å². The number of rotatable bonds is 5. The van der Waals surface area contributed by atoms with Gasteiger partial charge in [-0.1, -0.05) is 37.6 Å². The number of nitrogens with zero attached hydrogens (tertiary/aromatic N) is 3. The maximum Gasteiger partial charge on any atom is 0.256 e. The zero-order chi connectivity index (χ0) is 22.8. The number of carbonyl (C=O) groups is 2. The largest absolute Gasteiger partial charge is 0.350 e. The third kappa shape index (κ3) is 4.49. The Morgan fingerprint density at radius 1 is 1.25 bits per heavy atom. The van der Waals surface area contributed by atoms with E-state index in [1.165, 1.54) is 0 Å². The molecule has 0 aliphatic carbocycles. The van der Waals surface area contributed by atoms with E-state index in [0.717, 1.165) is 11.1 Å². The standard InChI is InChI=1S/C24H28ClN5O2/c1-15(2)22(26)23(31)28-20-13-29(10-8-18(20)16-5-3-6-17(25)11-16)24(32)19-7-4-9-30-14-27-12-21(19)30/h3-7,9,11-12,14-15,18,20,22H,8,10,13,26H2,1-2H3,(H,28,31)/t18-,20+,22+/m0/s1. The summed E-state index contributed by atoms with van der Waals surface area (Å²) < 4.78 is 1.83. The number of halogens is 1. The SMILES string of the molecule is CC(C)[C@@H](N)C(=O)N[C@@H]1CN(C(=O)c2cccn3cncc23)CC[C@H]1c1cccc(Cl)c1. The Labute approximate surface area is 192 Å². The molecular formula is C24H28ClN5O2. The number of carbonyl (C=O) groups excluding carboxylic acids is 2. The van der Waals surface area contributed by atoms with E-state index in [-0.39, 0.29) is 29.7 Å². The van der Waals surface area contributed by atoms with Gasteiger partial charge in [0.2, 0.25) is 5.91 Å². The molecule has 0 bridgehead atoms. The third-order valence-corrected chi connectivity index (χ3v) is 6.44. The third-order valence-electron chi connectivity index (χ3n) is 6.21. The molecule has 1 saturated heterocycles. The maximum atomic E-state index is 13.4. The number of benzene rings is 1. The van der Waals surface area contributed by atoms with Crippen molar-refractivity contribution in [1.82, 2.24) is 19.6 Å². The van der Waals surface area contributed by atoms with Gasteiger partial charge in [-0.3, -0.25) is 9.59 Å². The number of imidazole rings is 1. The van der Waals surface area contributed by atoms with Crippen molar-refractivity contribution >= 4 is 28.9 Å². The molecule has 1 fully saturated rings. The van der Waals surface area contributed by atoms with Gasteiger partial charge < -0.3 is 20.4 Å². The van der Waals surface area contributed by atoms with Crippen molar-refractivity contribution in [2.45, 2.75) is 38.3 Å². The molecule has 3 heterocycles. The van der Waals surface area contributed by atoms with Gasteiger partial charge in [-0.05, 0) is 42.2 Å². The molecule has 32 heavy (non-hydrogen) atoms. The van der Waals surface area contributed by atoms with Crippen LogP contribution in [-0.4, -0.2) is 51.3 Å². The van der Waals surface area contributed by atoms with Crippen LogP contribution in [0.4, 0.5) is 0 Å². The summed E-state index contributed by atoms with van der Waals surface area (Å²) in [4.78, 5) is 32.2. The predicted octanol–water partition coefficient (Wildman–Crippen LogP) is 3.09. The van der Waals surface area contributed by atoms with Crippen molar-refractivity contribution in [2.75, 3.05) is 13.1 Å². The smallest absolute Gasteiger partial charge is 0.256 e. The molecule has 1 aromatic carbocycles. The molecule has 8 heteroatoms. The highest BCUT2D eigenvalue weighted by Gasteiger charge is 2.35. The van der Waals surface area contributed by atoms with Gasteiger partial charge >= 0.3 is 0 Å². The lowest BCUT2D eigenvalue weighted by Gasteiger charge is -2.40. The molecule has 1 aliphatic heterocycles. The Kier molecular flexibility index (Phi) is 6.48. The zero-order valence-electron chi connectivity index (χ0n) is 18.2. The molecule has 0 saturated carbocycles. The first kappa shape index (κ1) is 22.3. The molecule has 1 aliphatic rings. The van der Waals surface area contributed by atoms with Gasteiger partial charge in [-0.15, -0.1) is 0 Å². The summed E-state index contributed by atoms with van der Waals surface area (Å²) in [6.07, 6.45) is 5.93. The Bertz CT molecular complexity index is 1130. The lowest BCUT2D eigenvalue weighted by atomic mass is 9.84. The van der Waals surface area contributed by atoms with Crippen LogP contribution < -0.4 is 11.1 Å². The Morgan fingerprint density at radius 3 is 2.81 bits per heavy atom. The number of nitrogens with one attached hydrogen (secondary N) is 1. The number of pyridine rings is 1. The van der Waals surface area contributed by atoms with Crippen LogP contribution in [0.25, 0.3) is 5.52 Å². The second-order valence-corrected chi connectivity index (χ2v) is 9.13. The number of amides is 2. The van der Waals surface area contributed by atoms with E-state index >= 15 is 0 Å². The number of fused-ring (bicyclic) bond motifs is 1. The molecule has 0 radical (unpaired) electrons. The Morgan fingerprint density at radius 2 is 2.06 bits per heavy atom. The molecule has 7 nitrogen and oxygen atoms in total. The summed E-state index contributed by atoms with van der Waals surface area (Å²) in [5.74, 6) is -0.232. The van der Waals surface area contributed by atoms with Crippen molar-refractivity contribution in [3.63, 3.8) is 0 Å². The fourth-order valence-corrected chi connectivity index (χ4v) is 4.50. The second-order valence-electron chi connectivity index (χ2n) is 8.69. The van der Waals surface area contributed by atoms with Crippen LogP contribution in [0.3, 0.4) is 0 Å². The van der Waals surface area contributed by atoms with E-state index in [0.29, 0.717) is 30.1 Å². The van der Waals surface area contributed by atoms with Crippen LogP contribution in [0.2, 0.25) is 5.02 Å². The minimum atomic E-state index is -0.610. The minimum absolute atomic E-state index is 0.0143. The normalized spacial score (nSPS) is 19.8. The number of aromatic nitrogens is 2. The highest BCUT2D eigenvalue weighted by Crippen LogP contribution is 2.31. The highest BCUT2D eigenvalue weighted by atomic mass is 35.5. The maximum absolute atomic E-state index is 13.4. The number of piperidine rings is 1. The molecule has 2 aromatic heterocycles. The topological polar surface area (TPSA) is 92.7 Å². The predicted molar refractivity (Wildman–Crippen MR) is 125 cm³/mol. The van der Waals surface area contributed by atoms with Crippen molar-refractivity contribution in [3.05, 3.63) is 71.3 Å². The van der Waals surface area contributed by atoms with Crippen LogP contribution in [-0.2, 0) is 4.79 Å². The summed E-state index contributed by atoms with van der Waals surface area (Å²) in [6, 6.07) is 10.5. The molecule has 2 amide bonds. The second kappa shape index (κ2) is 9.30. The van der Waals surface area contributed by atoms with Crippen LogP contribution in [0, 0.1) is 5.92 Å². The summed E-state index contributed by atoms with van der Waals surface area (Å²) >= 11 is 6.23. The molecular weight excluding hydrogens is 426 g/mol. The molecule has 3 atom stereocenters. The average molecular weight is 454 g/mol. The van der Waals surface area contributed by atoms with Crippen LogP contribution in [0.15, 0.2) is 55.1 Å². The fraction of sp³-hybridized carbons (Fsp3) is 0.375. The van der Waals surface area contributed by atoms with Crippen molar-refractivity contribution in [3.8, 4) is 0 Å². The van der Waals surface area contributed by atoms with E-state index in [1.54, 1.807) is 17.4 Å². The molecule has 0 unspecified atom stereocenters. The fourth-order valence-electron chi connectivity index (χ4n) is 4.30. The van der Waals surface area contributed by atoms with E-state index in [1.807, 2.05) is 60.8 Å². The first-order valence-electron chi connectivity index (χ1n) is 10.9. The summed E-state index contributed by atoms with van der Waals surface area (Å²) in [7, 11) is 0. The Balaban J connectivity index is 1.60. The molecule has 3 aromatic rings. The van der Waals surface area contributed by atoms with Crippen LogP contribution >= 0.6 is 11.6 Å². The van der Waals surface area contributed by atoms with Gasteiger partial charge in [0, 0.05) is 30.2 Å². The van der Waals surface area contributed by atoms with Crippen LogP contribution in [0.1, 0.15) is 42.1 Å². The van der Waals surface area contributed by atoms with Gasteiger partial charge in [0.1, 0.15) is 0 Å². The number of hydrogen-bond acceptors (Lipinski definition) is 4. The van der Waals surface area contributed by atoms with Crippen LogP contribution in [0.5, 0.6) is 0 Å². The molecule has 4 rings (SSSR count). The monoisotopic (exact) mass is 453 g/mol. The van der Waals surface area contributed by atoms with E-state index in [9.17, 15) is 9.59 Å². The summed E-state index contributed by atoms with van der Waals surface area (Å²) in [6.45, 7) is 4.80. The quantitative estimate of drug-likeness (QED) is 0.620. The highest BCUT2D eigenvalue weighted by molar-refractivity contribution is 6.30. The number of hydrogen-bond donors (Lipinski definition) is 2. The first-order chi connectivity index (χ1) is 15.3. The van der Waals surface area contributed by atoms with Gasteiger partial charge in [0.05, 0.1) is 35.7 Å². The zero-order valence-corrected chi connectivity index (χ0v) is 19.0. The van der Waals surface area contributed by atoms with Gasteiger partial charge in [0.25, 0.3) is 5.91 Å². The molecule has 3 N–H and O–H groups in total. The lowest BCUT2D eigenvalue weighted by Crippen LogP contribution is -2.56. The average Bonchev–Trinajstić information content (AvgIpc) is 3.27. The Hall–Kier alpha value is -2.90. The minimum Gasteiger partial charge on any atom is -0.350 e.